The first kappa shape index (κ1) is 30.6. The van der Waals surface area contributed by atoms with Crippen LogP contribution in [0.3, 0.4) is 0 Å². The summed E-state index contributed by atoms with van der Waals surface area (Å²) in [5.74, 6) is -0.948. The fourth-order valence-corrected chi connectivity index (χ4v) is 3.64. The van der Waals surface area contributed by atoms with E-state index < -0.39 is 23.8 Å². The highest BCUT2D eigenvalue weighted by Crippen LogP contribution is 2.28. The van der Waals surface area contributed by atoms with Crippen molar-refractivity contribution in [1.29, 1.82) is 0 Å². The first-order chi connectivity index (χ1) is 18.5. The van der Waals surface area contributed by atoms with E-state index in [0.717, 1.165) is 17.5 Å². The molecule has 0 saturated carbocycles. The molecule has 3 aromatic rings. The van der Waals surface area contributed by atoms with E-state index in [1.165, 1.54) is 30.9 Å². The minimum atomic E-state index is -1.10. The number of para-hydroxylation sites is 1. The molecule has 0 spiro atoms. The lowest BCUT2D eigenvalue weighted by atomic mass is 9.97. The molecule has 3 aromatic carbocycles. The number of methoxy groups -OCH3 is 2. The fraction of sp³-hybridized carbons (Fsp3) is 0.258. The molecule has 0 fully saturated rings. The Balaban J connectivity index is 0.000000306. The summed E-state index contributed by atoms with van der Waals surface area (Å²) in [7, 11) is 3.07. The highest BCUT2D eigenvalue weighted by molar-refractivity contribution is 6.06. The Kier molecular flexibility index (Phi) is 11.8. The summed E-state index contributed by atoms with van der Waals surface area (Å²) in [5.41, 5.74) is 3.16. The molecule has 8 heteroatoms. The Bertz CT molecular complexity index is 1300. The van der Waals surface area contributed by atoms with E-state index >= 15 is 0 Å². The number of benzene rings is 3. The maximum absolute atomic E-state index is 12.0. The second-order valence-corrected chi connectivity index (χ2v) is 9.19. The average molecular weight is 534 g/mol. The highest BCUT2D eigenvalue weighted by Gasteiger charge is 2.13. The van der Waals surface area contributed by atoms with Crippen molar-refractivity contribution >= 4 is 29.6 Å². The number of carbonyl (C=O) groups is 3. The number of aliphatic carboxylic acids is 1. The van der Waals surface area contributed by atoms with E-state index in [-0.39, 0.29) is 11.3 Å². The average Bonchev–Trinajstić information content (AvgIpc) is 2.92. The zero-order chi connectivity index (χ0) is 28.9. The van der Waals surface area contributed by atoms with Gasteiger partial charge in [0.15, 0.2) is 11.5 Å². The second kappa shape index (κ2) is 15.0. The van der Waals surface area contributed by atoms with E-state index in [1.807, 2.05) is 24.3 Å². The first-order valence-electron chi connectivity index (χ1n) is 12.4. The molecule has 0 aliphatic carbocycles. The predicted octanol–water partition coefficient (Wildman–Crippen LogP) is 6.13. The fourth-order valence-electron chi connectivity index (χ4n) is 3.64. The van der Waals surface area contributed by atoms with Gasteiger partial charge in [-0.05, 0) is 66.3 Å². The van der Waals surface area contributed by atoms with Crippen molar-refractivity contribution < 1.29 is 34.1 Å². The van der Waals surface area contributed by atoms with Crippen LogP contribution in [0.1, 0.15) is 53.7 Å². The van der Waals surface area contributed by atoms with Crippen molar-refractivity contribution in [1.82, 2.24) is 0 Å². The van der Waals surface area contributed by atoms with Crippen molar-refractivity contribution in [3.05, 3.63) is 95.1 Å². The monoisotopic (exact) mass is 533 g/mol. The lowest BCUT2D eigenvalue weighted by Crippen LogP contribution is -2.11. The number of ether oxygens (including phenoxy) is 2. The Labute approximate surface area is 228 Å². The van der Waals surface area contributed by atoms with Crippen LogP contribution in [0.5, 0.6) is 11.5 Å². The minimum absolute atomic E-state index is 0.0327. The van der Waals surface area contributed by atoms with Crippen molar-refractivity contribution in [2.45, 2.75) is 33.1 Å². The van der Waals surface area contributed by atoms with Gasteiger partial charge in [0.1, 0.15) is 0 Å². The molecule has 0 aliphatic heterocycles. The van der Waals surface area contributed by atoms with E-state index in [4.69, 9.17) is 19.7 Å². The number of hydrogen-bond acceptors (Lipinski definition) is 5. The third-order valence-electron chi connectivity index (χ3n) is 5.74. The van der Waals surface area contributed by atoms with Crippen molar-refractivity contribution in [3.63, 3.8) is 0 Å². The van der Waals surface area contributed by atoms with Gasteiger partial charge in [0.05, 0.1) is 31.4 Å². The van der Waals surface area contributed by atoms with Crippen LogP contribution in [0.25, 0.3) is 6.08 Å². The lowest BCUT2D eigenvalue weighted by Gasteiger charge is -2.09. The summed E-state index contributed by atoms with van der Waals surface area (Å²) in [5, 5.41) is 20.5. The smallest absolute Gasteiger partial charge is 0.337 e. The van der Waals surface area contributed by atoms with Crippen molar-refractivity contribution in [2.24, 2.45) is 5.92 Å². The summed E-state index contributed by atoms with van der Waals surface area (Å²) < 4.78 is 10.3. The van der Waals surface area contributed by atoms with Crippen LogP contribution < -0.4 is 14.8 Å². The number of anilines is 1. The van der Waals surface area contributed by atoms with Gasteiger partial charge in [-0.25, -0.2) is 4.79 Å². The number of carboxylic acid groups (broad SMARTS) is 2. The number of aromatic carboxylic acids is 1. The Morgan fingerprint density at radius 1 is 0.872 bits per heavy atom. The van der Waals surface area contributed by atoms with Gasteiger partial charge >= 0.3 is 11.9 Å². The molecular weight excluding hydrogens is 498 g/mol. The summed E-state index contributed by atoms with van der Waals surface area (Å²) in [6, 6.07) is 19.3. The third-order valence-corrected chi connectivity index (χ3v) is 5.74. The van der Waals surface area contributed by atoms with Gasteiger partial charge in [0, 0.05) is 6.08 Å². The molecule has 39 heavy (non-hydrogen) atoms. The quantitative estimate of drug-likeness (QED) is 0.268. The summed E-state index contributed by atoms with van der Waals surface area (Å²) in [6.45, 7) is 6.06. The number of rotatable bonds is 10. The van der Waals surface area contributed by atoms with Crippen molar-refractivity contribution in [2.75, 3.05) is 19.5 Å². The molecule has 1 atom stereocenters. The molecule has 3 N–H and O–H groups in total. The van der Waals surface area contributed by atoms with Crippen LogP contribution in [0, 0.1) is 5.92 Å². The van der Waals surface area contributed by atoms with Gasteiger partial charge in [-0.1, -0.05) is 56.3 Å². The van der Waals surface area contributed by atoms with Gasteiger partial charge in [0.2, 0.25) is 5.91 Å². The standard InChI is InChI=1S/C18H17NO5.C13H18O2/c1-23-15-9-7-12(11-16(15)24-2)8-10-17(20)19-14-6-4-3-5-13(14)18(21)22;1-9(2)8-11-4-6-12(7-5-11)10(3)13(14)15/h3-11H,1-2H3,(H,19,20)(H,21,22);4-7,9-10H,8H2,1-3H3,(H,14,15)/b10-8+;. The minimum Gasteiger partial charge on any atom is -0.493 e. The molecular formula is C31H35NO7. The summed E-state index contributed by atoms with van der Waals surface area (Å²) >= 11 is 0. The SMILES string of the molecule is CC(C)Cc1ccc(C(C)C(=O)O)cc1.COc1ccc(/C=C/C(=O)Nc2ccccc2C(=O)O)cc1OC. The number of nitrogens with one attached hydrogen (secondary N) is 1. The molecule has 206 valence electrons. The van der Waals surface area contributed by atoms with E-state index in [1.54, 1.807) is 50.4 Å². The van der Waals surface area contributed by atoms with Crippen LogP contribution in [0.2, 0.25) is 0 Å². The van der Waals surface area contributed by atoms with Crippen LogP contribution >= 0.6 is 0 Å². The van der Waals surface area contributed by atoms with Crippen molar-refractivity contribution in [3.8, 4) is 11.5 Å². The third kappa shape index (κ3) is 9.66. The molecule has 0 heterocycles. The van der Waals surface area contributed by atoms with Gasteiger partial charge in [-0.15, -0.1) is 0 Å². The van der Waals surface area contributed by atoms with E-state index in [9.17, 15) is 14.4 Å². The molecule has 0 aromatic heterocycles. The van der Waals surface area contributed by atoms with Crippen LogP contribution in [0.4, 0.5) is 5.69 Å². The Hall–Kier alpha value is -4.59. The molecule has 0 aliphatic rings. The first-order valence-corrected chi connectivity index (χ1v) is 12.4. The summed E-state index contributed by atoms with van der Waals surface area (Å²) in [4.78, 5) is 33.9. The molecule has 1 unspecified atom stereocenters. The number of hydrogen-bond donors (Lipinski definition) is 3. The predicted molar refractivity (Wildman–Crippen MR) is 152 cm³/mol. The number of carbonyl (C=O) groups excluding carboxylic acids is 1. The molecule has 0 saturated heterocycles. The van der Waals surface area contributed by atoms with Gasteiger partial charge in [-0.2, -0.15) is 0 Å². The molecule has 0 bridgehead atoms. The number of carboxylic acids is 2. The van der Waals surface area contributed by atoms with Crippen LogP contribution in [0.15, 0.2) is 72.8 Å². The van der Waals surface area contributed by atoms with Crippen LogP contribution in [-0.4, -0.2) is 42.3 Å². The molecule has 8 nitrogen and oxygen atoms in total. The lowest BCUT2D eigenvalue weighted by molar-refractivity contribution is -0.138. The molecule has 1 amide bonds. The molecule has 3 rings (SSSR count). The maximum atomic E-state index is 12.0. The zero-order valence-corrected chi connectivity index (χ0v) is 22.8. The maximum Gasteiger partial charge on any atom is 0.337 e. The van der Waals surface area contributed by atoms with Crippen LogP contribution in [-0.2, 0) is 16.0 Å². The van der Waals surface area contributed by atoms with E-state index in [2.05, 4.69) is 19.2 Å². The van der Waals surface area contributed by atoms with E-state index in [0.29, 0.717) is 17.4 Å². The highest BCUT2D eigenvalue weighted by atomic mass is 16.5. The van der Waals surface area contributed by atoms with Gasteiger partial charge in [-0.3, -0.25) is 9.59 Å². The zero-order valence-electron chi connectivity index (χ0n) is 22.8. The topological polar surface area (TPSA) is 122 Å². The molecule has 0 radical (unpaired) electrons. The Morgan fingerprint density at radius 2 is 1.51 bits per heavy atom. The number of amides is 1. The Morgan fingerprint density at radius 3 is 2.08 bits per heavy atom. The largest absolute Gasteiger partial charge is 0.493 e. The van der Waals surface area contributed by atoms with Gasteiger partial charge < -0.3 is 25.0 Å². The normalized spacial score (nSPS) is 11.3. The second-order valence-electron chi connectivity index (χ2n) is 9.19. The van der Waals surface area contributed by atoms with Gasteiger partial charge in [0.25, 0.3) is 0 Å². The summed E-state index contributed by atoms with van der Waals surface area (Å²) in [6.07, 6.45) is 3.96.